The fourth-order valence-electron chi connectivity index (χ4n) is 3.38. The molecule has 0 unspecified atom stereocenters. The summed E-state index contributed by atoms with van der Waals surface area (Å²) in [7, 11) is -3.44. The van der Waals surface area contributed by atoms with E-state index in [1.54, 1.807) is 56.5 Å². The number of para-hydroxylation sites is 2. The fourth-order valence-corrected chi connectivity index (χ4v) is 4.96. The maximum atomic E-state index is 13.7. The van der Waals surface area contributed by atoms with Crippen molar-refractivity contribution < 1.29 is 31.1 Å². The number of benzene rings is 2. The molecule has 0 aliphatic carbocycles. The Bertz CT molecular complexity index is 1580. The predicted molar refractivity (Wildman–Crippen MR) is 136 cm³/mol. The average Bonchev–Trinajstić information content (AvgIpc) is 3.46. The van der Waals surface area contributed by atoms with E-state index in [0.29, 0.717) is 16.0 Å². The van der Waals surface area contributed by atoms with Crippen molar-refractivity contribution in [1.29, 1.82) is 0 Å². The zero-order chi connectivity index (χ0) is 27.2. The van der Waals surface area contributed by atoms with Crippen LogP contribution in [0.4, 0.5) is 13.2 Å². The Kier molecular flexibility index (Phi) is 6.80. The zero-order valence-corrected chi connectivity index (χ0v) is 22.0. The molecule has 0 aliphatic rings. The first-order chi connectivity index (χ1) is 17.1. The molecule has 37 heavy (non-hydrogen) atoms. The molecule has 0 aliphatic heterocycles. The predicted octanol–water partition coefficient (Wildman–Crippen LogP) is 6.64. The van der Waals surface area contributed by atoms with Crippen molar-refractivity contribution in [3.63, 3.8) is 0 Å². The number of carbonyl (C=O) groups is 1. The summed E-state index contributed by atoms with van der Waals surface area (Å²) in [5.41, 5.74) is -0.387. The quantitative estimate of drug-likeness (QED) is 0.206. The third-order valence-electron chi connectivity index (χ3n) is 5.36. The summed E-state index contributed by atoms with van der Waals surface area (Å²) in [6.07, 6.45) is -3.60. The summed E-state index contributed by atoms with van der Waals surface area (Å²) in [4.78, 5) is 13.1. The second-order valence-corrected chi connectivity index (χ2v) is 12.4. The van der Waals surface area contributed by atoms with E-state index in [4.69, 9.17) is 4.74 Å². The largest absolute Gasteiger partial charge is 0.435 e. The van der Waals surface area contributed by atoms with Gasteiger partial charge >= 0.3 is 12.1 Å². The lowest BCUT2D eigenvalue weighted by atomic mass is 9.97. The molecule has 4 aromatic rings. The molecule has 2 heterocycles. The molecule has 6 nitrogen and oxygen atoms in total. The van der Waals surface area contributed by atoms with Gasteiger partial charge in [-0.1, -0.05) is 24.3 Å². The SMILES string of the molecule is CC(C)(C)C(=O)Oc1ccccc1-n1nc(C(F)(F)F)cc1-c1cc(-c2cccc(S(C)(=O)=O)c2)cs1. The van der Waals surface area contributed by atoms with Crippen LogP contribution in [0.2, 0.25) is 0 Å². The number of hydrogen-bond acceptors (Lipinski definition) is 6. The third-order valence-corrected chi connectivity index (χ3v) is 7.42. The number of halogens is 3. The van der Waals surface area contributed by atoms with E-state index in [1.165, 1.54) is 35.6 Å². The van der Waals surface area contributed by atoms with Crippen LogP contribution in [0, 0.1) is 5.41 Å². The van der Waals surface area contributed by atoms with Crippen LogP contribution in [-0.4, -0.2) is 30.4 Å². The topological polar surface area (TPSA) is 78.3 Å². The summed E-state index contributed by atoms with van der Waals surface area (Å²) in [5, 5.41) is 5.54. The van der Waals surface area contributed by atoms with Crippen molar-refractivity contribution >= 4 is 27.1 Å². The average molecular weight is 549 g/mol. The molecule has 0 saturated carbocycles. The number of hydrogen-bond donors (Lipinski definition) is 0. The van der Waals surface area contributed by atoms with E-state index >= 15 is 0 Å². The van der Waals surface area contributed by atoms with Crippen LogP contribution in [0.25, 0.3) is 27.4 Å². The van der Waals surface area contributed by atoms with Gasteiger partial charge in [0.1, 0.15) is 5.69 Å². The van der Waals surface area contributed by atoms with Gasteiger partial charge in [-0.15, -0.1) is 11.3 Å². The van der Waals surface area contributed by atoms with E-state index in [2.05, 4.69) is 5.10 Å². The number of esters is 1. The molecule has 0 bridgehead atoms. The highest BCUT2D eigenvalue weighted by Gasteiger charge is 2.36. The molecule has 194 valence electrons. The molecule has 2 aromatic heterocycles. The van der Waals surface area contributed by atoms with E-state index in [1.807, 2.05) is 0 Å². The minimum atomic E-state index is -4.71. The lowest BCUT2D eigenvalue weighted by Crippen LogP contribution is -2.26. The highest BCUT2D eigenvalue weighted by molar-refractivity contribution is 7.90. The van der Waals surface area contributed by atoms with Crippen molar-refractivity contribution in [2.45, 2.75) is 31.8 Å². The molecular weight excluding hydrogens is 525 g/mol. The van der Waals surface area contributed by atoms with Crippen LogP contribution in [0.5, 0.6) is 5.75 Å². The Labute approximate surface area is 216 Å². The standard InChI is InChI=1S/C26H23F3N2O4S2/c1-25(2,3)24(32)35-21-11-6-5-10-19(21)31-20(14-23(30-31)26(27,28)29)22-13-17(15-36-22)16-8-7-9-18(12-16)37(4,33)34/h5-15H,1-4H3. The van der Waals surface area contributed by atoms with Gasteiger partial charge < -0.3 is 4.74 Å². The molecule has 0 saturated heterocycles. The van der Waals surface area contributed by atoms with Gasteiger partial charge in [0.15, 0.2) is 21.3 Å². The maximum absolute atomic E-state index is 13.7. The molecule has 0 atom stereocenters. The first kappa shape index (κ1) is 26.6. The van der Waals surface area contributed by atoms with Crippen LogP contribution >= 0.6 is 11.3 Å². The van der Waals surface area contributed by atoms with Gasteiger partial charge in [0, 0.05) is 6.26 Å². The zero-order valence-electron chi connectivity index (χ0n) is 20.3. The van der Waals surface area contributed by atoms with Gasteiger partial charge in [-0.2, -0.15) is 18.3 Å². The Morgan fingerprint density at radius 1 is 0.973 bits per heavy atom. The molecule has 0 amide bonds. The molecular formula is C26H23F3N2O4S2. The Morgan fingerprint density at radius 2 is 1.68 bits per heavy atom. The lowest BCUT2D eigenvalue weighted by Gasteiger charge is -2.18. The number of carbonyl (C=O) groups excluding carboxylic acids is 1. The normalized spacial score (nSPS) is 12.5. The second-order valence-electron chi connectivity index (χ2n) is 9.43. The molecule has 2 aromatic carbocycles. The Hall–Kier alpha value is -3.44. The Balaban J connectivity index is 1.84. The third kappa shape index (κ3) is 5.78. The summed E-state index contributed by atoms with van der Waals surface area (Å²) in [6.45, 7) is 5.01. The van der Waals surface area contributed by atoms with Crippen LogP contribution in [0.1, 0.15) is 26.5 Å². The molecule has 0 fully saturated rings. The number of thiophene rings is 1. The number of rotatable bonds is 5. The van der Waals surface area contributed by atoms with Gasteiger partial charge in [0.2, 0.25) is 0 Å². The molecule has 0 N–H and O–H groups in total. The van der Waals surface area contributed by atoms with Crippen LogP contribution in [0.15, 0.2) is 70.9 Å². The van der Waals surface area contributed by atoms with Crippen LogP contribution < -0.4 is 4.74 Å². The highest BCUT2D eigenvalue weighted by Crippen LogP contribution is 2.39. The van der Waals surface area contributed by atoms with Crippen LogP contribution in [-0.2, 0) is 20.8 Å². The van der Waals surface area contributed by atoms with E-state index in [9.17, 15) is 26.4 Å². The smallest absolute Gasteiger partial charge is 0.424 e. The Morgan fingerprint density at radius 3 is 2.32 bits per heavy atom. The van der Waals surface area contributed by atoms with Gasteiger partial charge in [0.05, 0.1) is 20.9 Å². The maximum Gasteiger partial charge on any atom is 0.435 e. The van der Waals surface area contributed by atoms with E-state index < -0.39 is 33.1 Å². The summed E-state index contributed by atoms with van der Waals surface area (Å²) >= 11 is 1.18. The fraction of sp³-hybridized carbons (Fsp3) is 0.231. The van der Waals surface area contributed by atoms with Crippen molar-refractivity contribution in [3.05, 3.63) is 71.7 Å². The number of nitrogens with zero attached hydrogens (tertiary/aromatic N) is 2. The van der Waals surface area contributed by atoms with Crippen molar-refractivity contribution in [3.8, 4) is 33.1 Å². The first-order valence-corrected chi connectivity index (χ1v) is 13.8. The van der Waals surface area contributed by atoms with Crippen molar-refractivity contribution in [1.82, 2.24) is 9.78 Å². The minimum absolute atomic E-state index is 0.0677. The minimum Gasteiger partial charge on any atom is -0.424 e. The van der Waals surface area contributed by atoms with Crippen molar-refractivity contribution in [2.24, 2.45) is 5.41 Å². The molecule has 0 spiro atoms. The number of alkyl halides is 3. The van der Waals surface area contributed by atoms with Gasteiger partial charge in [0.25, 0.3) is 0 Å². The van der Waals surface area contributed by atoms with Crippen LogP contribution in [0.3, 0.4) is 0 Å². The van der Waals surface area contributed by atoms with E-state index in [0.717, 1.165) is 17.0 Å². The highest BCUT2D eigenvalue weighted by atomic mass is 32.2. The van der Waals surface area contributed by atoms with Gasteiger partial charge in [-0.25, -0.2) is 13.1 Å². The van der Waals surface area contributed by atoms with Crippen molar-refractivity contribution in [2.75, 3.05) is 6.26 Å². The molecule has 4 rings (SSSR count). The molecule has 11 heteroatoms. The summed E-state index contributed by atoms with van der Waals surface area (Å²) < 4.78 is 71.6. The number of ether oxygens (including phenoxy) is 1. The van der Waals surface area contributed by atoms with Gasteiger partial charge in [-0.3, -0.25) is 4.79 Å². The monoisotopic (exact) mass is 548 g/mol. The lowest BCUT2D eigenvalue weighted by molar-refractivity contribution is -0.143. The summed E-state index contributed by atoms with van der Waals surface area (Å²) in [5.74, 6) is -0.480. The summed E-state index contributed by atoms with van der Waals surface area (Å²) in [6, 6.07) is 15.2. The molecule has 0 radical (unpaired) electrons. The first-order valence-electron chi connectivity index (χ1n) is 11.0. The number of aromatic nitrogens is 2. The van der Waals surface area contributed by atoms with E-state index in [-0.39, 0.29) is 22.0 Å². The van der Waals surface area contributed by atoms with Gasteiger partial charge in [-0.05, 0) is 73.7 Å². The second kappa shape index (κ2) is 9.46. The number of sulfone groups is 1.